The third-order valence-electron chi connectivity index (χ3n) is 3.14. The number of hydroxylamine groups is 1. The van der Waals surface area contributed by atoms with Crippen LogP contribution < -0.4 is 10.8 Å². The van der Waals surface area contributed by atoms with Gasteiger partial charge in [-0.1, -0.05) is 24.2 Å². The summed E-state index contributed by atoms with van der Waals surface area (Å²) in [7, 11) is 0. The van der Waals surface area contributed by atoms with Crippen molar-refractivity contribution in [3.8, 4) is 9.88 Å². The molecule has 0 spiro atoms. The van der Waals surface area contributed by atoms with Crippen LogP contribution in [0.4, 0.5) is 5.13 Å². The van der Waals surface area contributed by atoms with E-state index in [2.05, 4.69) is 31.4 Å². The first-order valence-electron chi connectivity index (χ1n) is 7.40. The van der Waals surface area contributed by atoms with Crippen LogP contribution in [0.5, 0.6) is 0 Å². The van der Waals surface area contributed by atoms with Crippen molar-refractivity contribution in [1.82, 2.24) is 15.7 Å². The average molecular weight is 433 g/mol. The minimum absolute atomic E-state index is 0.0850. The number of amides is 2. The first-order chi connectivity index (χ1) is 11.6. The molecule has 0 aromatic carbocycles. The van der Waals surface area contributed by atoms with Crippen molar-refractivity contribution in [2.24, 2.45) is 0 Å². The summed E-state index contributed by atoms with van der Waals surface area (Å²) in [6.45, 7) is 0. The number of rotatable bonds is 9. The van der Waals surface area contributed by atoms with E-state index in [4.69, 9.17) is 5.21 Å². The molecule has 0 radical (unpaired) electrons. The van der Waals surface area contributed by atoms with Crippen molar-refractivity contribution in [2.75, 3.05) is 5.32 Å². The zero-order valence-electron chi connectivity index (χ0n) is 12.7. The lowest BCUT2D eigenvalue weighted by atomic mass is 10.1. The van der Waals surface area contributed by atoms with E-state index in [-0.39, 0.29) is 11.8 Å². The molecule has 2 heterocycles. The Morgan fingerprint density at radius 3 is 2.38 bits per heavy atom. The quantitative estimate of drug-likeness (QED) is 0.317. The van der Waals surface area contributed by atoms with Crippen LogP contribution in [0.25, 0.3) is 9.88 Å². The molecule has 0 unspecified atom stereocenters. The Morgan fingerprint density at radius 2 is 1.75 bits per heavy atom. The van der Waals surface area contributed by atoms with Gasteiger partial charge in [0.25, 0.3) is 0 Å². The van der Waals surface area contributed by atoms with E-state index < -0.39 is 0 Å². The van der Waals surface area contributed by atoms with E-state index in [0.29, 0.717) is 24.4 Å². The molecule has 0 fully saturated rings. The first kappa shape index (κ1) is 19.0. The SMILES string of the molecule is O=C(CCCCCCC(=O)Nc1nnc(-c2ccc(Br)s2)s1)NO. The smallest absolute Gasteiger partial charge is 0.243 e. The summed E-state index contributed by atoms with van der Waals surface area (Å²) in [5, 5.41) is 20.5. The van der Waals surface area contributed by atoms with E-state index >= 15 is 0 Å². The van der Waals surface area contributed by atoms with Gasteiger partial charge in [0.1, 0.15) is 0 Å². The first-order valence-corrected chi connectivity index (χ1v) is 9.83. The number of unbranched alkanes of at least 4 members (excludes halogenated alkanes) is 3. The second kappa shape index (κ2) is 9.82. The summed E-state index contributed by atoms with van der Waals surface area (Å²) < 4.78 is 1.02. The van der Waals surface area contributed by atoms with Crippen LogP contribution >= 0.6 is 38.6 Å². The molecule has 130 valence electrons. The fourth-order valence-electron chi connectivity index (χ4n) is 1.96. The highest BCUT2D eigenvalue weighted by Gasteiger charge is 2.11. The predicted molar refractivity (Wildman–Crippen MR) is 97.2 cm³/mol. The number of thiophene rings is 1. The summed E-state index contributed by atoms with van der Waals surface area (Å²) in [4.78, 5) is 23.7. The number of aromatic nitrogens is 2. The molecule has 0 aliphatic rings. The minimum atomic E-state index is -0.377. The van der Waals surface area contributed by atoms with Gasteiger partial charge in [-0.25, -0.2) is 5.48 Å². The van der Waals surface area contributed by atoms with E-state index in [9.17, 15) is 9.59 Å². The number of hydrogen-bond acceptors (Lipinski definition) is 7. The molecule has 7 nitrogen and oxygen atoms in total. The molecule has 2 aromatic heterocycles. The second-order valence-electron chi connectivity index (χ2n) is 5.01. The van der Waals surface area contributed by atoms with Crippen molar-refractivity contribution in [3.63, 3.8) is 0 Å². The van der Waals surface area contributed by atoms with Crippen molar-refractivity contribution < 1.29 is 14.8 Å². The highest BCUT2D eigenvalue weighted by Crippen LogP contribution is 2.34. The average Bonchev–Trinajstić information content (AvgIpc) is 3.19. The molecule has 0 bridgehead atoms. The highest BCUT2D eigenvalue weighted by molar-refractivity contribution is 9.11. The van der Waals surface area contributed by atoms with Gasteiger partial charge in [0.05, 0.1) is 8.66 Å². The molecule has 24 heavy (non-hydrogen) atoms. The molecule has 2 rings (SSSR count). The number of carbonyl (C=O) groups excluding carboxylic acids is 2. The molecule has 0 saturated heterocycles. The molecular formula is C14H17BrN4O3S2. The van der Waals surface area contributed by atoms with Crippen LogP contribution in [-0.2, 0) is 9.59 Å². The number of anilines is 1. The maximum atomic E-state index is 11.9. The number of hydrogen-bond donors (Lipinski definition) is 3. The zero-order chi connectivity index (χ0) is 17.4. The van der Waals surface area contributed by atoms with Gasteiger partial charge in [-0.3, -0.25) is 14.8 Å². The van der Waals surface area contributed by atoms with Gasteiger partial charge < -0.3 is 5.32 Å². The predicted octanol–water partition coefficient (Wildman–Crippen LogP) is 3.81. The Morgan fingerprint density at radius 1 is 1.04 bits per heavy atom. The summed E-state index contributed by atoms with van der Waals surface area (Å²) >= 11 is 6.32. The molecule has 0 aliphatic carbocycles. The summed E-state index contributed by atoms with van der Waals surface area (Å²) in [5.41, 5.74) is 1.60. The molecule has 10 heteroatoms. The maximum absolute atomic E-state index is 11.9. The fraction of sp³-hybridized carbons (Fsp3) is 0.429. The third kappa shape index (κ3) is 6.27. The normalized spacial score (nSPS) is 10.6. The van der Waals surface area contributed by atoms with Gasteiger partial charge in [-0.2, -0.15) is 0 Å². The molecule has 2 amide bonds. The standard InChI is InChI=1S/C14H17BrN4O3S2/c15-10-8-7-9(23-10)13-17-18-14(24-13)16-11(20)5-3-1-2-4-6-12(21)19-22/h7-8,22H,1-6H2,(H,19,21)(H,16,18,20). The monoisotopic (exact) mass is 432 g/mol. The number of halogens is 1. The zero-order valence-corrected chi connectivity index (χ0v) is 16.0. The Labute approximate surface area is 155 Å². The topological polar surface area (TPSA) is 104 Å². The fourth-order valence-corrected chi connectivity index (χ4v) is 4.16. The molecule has 0 atom stereocenters. The van der Waals surface area contributed by atoms with Crippen molar-refractivity contribution in [2.45, 2.75) is 38.5 Å². The van der Waals surface area contributed by atoms with Crippen LogP contribution in [0.15, 0.2) is 15.9 Å². The van der Waals surface area contributed by atoms with Gasteiger partial charge in [0.15, 0.2) is 5.01 Å². The Hall–Kier alpha value is -1.36. The largest absolute Gasteiger partial charge is 0.301 e. The second-order valence-corrected chi connectivity index (χ2v) is 8.45. The van der Waals surface area contributed by atoms with Crippen LogP contribution in [0.1, 0.15) is 38.5 Å². The lowest BCUT2D eigenvalue weighted by Crippen LogP contribution is -2.17. The maximum Gasteiger partial charge on any atom is 0.243 e. The van der Waals surface area contributed by atoms with Gasteiger partial charge in [-0.15, -0.1) is 21.5 Å². The van der Waals surface area contributed by atoms with Crippen LogP contribution in [0.3, 0.4) is 0 Å². The van der Waals surface area contributed by atoms with Gasteiger partial charge in [0, 0.05) is 12.8 Å². The number of carbonyl (C=O) groups is 2. The molecular weight excluding hydrogens is 416 g/mol. The summed E-state index contributed by atoms with van der Waals surface area (Å²) in [6.07, 6.45) is 3.86. The van der Waals surface area contributed by atoms with Gasteiger partial charge in [0.2, 0.25) is 16.9 Å². The Kier molecular flexibility index (Phi) is 7.76. The number of nitrogens with zero attached hydrogens (tertiary/aromatic N) is 2. The van der Waals surface area contributed by atoms with Gasteiger partial charge >= 0.3 is 0 Å². The van der Waals surface area contributed by atoms with E-state index in [1.165, 1.54) is 11.3 Å². The molecule has 0 saturated carbocycles. The van der Waals surface area contributed by atoms with Crippen LogP contribution in [0.2, 0.25) is 0 Å². The molecule has 0 aliphatic heterocycles. The van der Waals surface area contributed by atoms with Crippen molar-refractivity contribution in [3.05, 3.63) is 15.9 Å². The summed E-state index contributed by atoms with van der Waals surface area (Å²) in [6, 6.07) is 3.90. The highest BCUT2D eigenvalue weighted by atomic mass is 79.9. The number of nitrogens with one attached hydrogen (secondary N) is 2. The molecule has 3 N–H and O–H groups in total. The minimum Gasteiger partial charge on any atom is -0.301 e. The lowest BCUT2D eigenvalue weighted by Gasteiger charge is -2.01. The van der Waals surface area contributed by atoms with Crippen LogP contribution in [0, 0.1) is 0 Å². The van der Waals surface area contributed by atoms with E-state index in [1.807, 2.05) is 12.1 Å². The lowest BCUT2D eigenvalue weighted by molar-refractivity contribution is -0.129. The van der Waals surface area contributed by atoms with E-state index in [0.717, 1.165) is 32.9 Å². The summed E-state index contributed by atoms with van der Waals surface area (Å²) in [5.74, 6) is -0.462. The molecule has 2 aromatic rings. The van der Waals surface area contributed by atoms with Gasteiger partial charge in [-0.05, 0) is 40.9 Å². The Bertz CT molecular complexity index is 689. The Balaban J connectivity index is 1.66. The van der Waals surface area contributed by atoms with Crippen LogP contribution in [-0.4, -0.2) is 27.2 Å². The third-order valence-corrected chi connectivity index (χ3v) is 5.77. The van der Waals surface area contributed by atoms with Crippen molar-refractivity contribution >= 4 is 55.5 Å². The van der Waals surface area contributed by atoms with Crippen molar-refractivity contribution in [1.29, 1.82) is 0 Å². The van der Waals surface area contributed by atoms with E-state index in [1.54, 1.807) is 16.8 Å².